The highest BCUT2D eigenvalue weighted by Crippen LogP contribution is 2.31. The molecule has 0 aromatic heterocycles. The van der Waals surface area contributed by atoms with Crippen LogP contribution in [0.5, 0.6) is 0 Å². The van der Waals surface area contributed by atoms with Gasteiger partial charge in [0.1, 0.15) is 11.4 Å². The largest absolute Gasteiger partial charge is 0.456 e. The maximum absolute atomic E-state index is 14.2. The highest BCUT2D eigenvalue weighted by molar-refractivity contribution is 9.10. The van der Waals surface area contributed by atoms with Crippen LogP contribution in [0.1, 0.15) is 31.1 Å². The third kappa shape index (κ3) is 4.08. The minimum Gasteiger partial charge on any atom is -0.456 e. The molecule has 0 aliphatic carbocycles. The Morgan fingerprint density at radius 2 is 1.91 bits per heavy atom. The van der Waals surface area contributed by atoms with Gasteiger partial charge in [0.15, 0.2) is 0 Å². The summed E-state index contributed by atoms with van der Waals surface area (Å²) >= 11 is 9.15. The van der Waals surface area contributed by atoms with Gasteiger partial charge in [-0.25, -0.2) is 9.18 Å². The second kappa shape index (κ2) is 6.39. The van der Waals surface area contributed by atoms with Crippen LogP contribution in [0.2, 0.25) is 5.02 Å². The van der Waals surface area contributed by atoms with E-state index in [0.717, 1.165) is 0 Å². The minimum atomic E-state index is -0.596. The fourth-order valence-corrected chi connectivity index (χ4v) is 2.59. The molecule has 0 amide bonds. The monoisotopic (exact) mass is 384 g/mol. The molecule has 2 nitrogen and oxygen atoms in total. The predicted octanol–water partition coefficient (Wildman–Crippen LogP) is 5.86. The van der Waals surface area contributed by atoms with Gasteiger partial charge in [0.25, 0.3) is 0 Å². The molecule has 0 atom stereocenters. The van der Waals surface area contributed by atoms with Crippen LogP contribution < -0.4 is 0 Å². The summed E-state index contributed by atoms with van der Waals surface area (Å²) in [4.78, 5) is 12.2. The van der Waals surface area contributed by atoms with Gasteiger partial charge in [0.2, 0.25) is 0 Å². The molecule has 0 bridgehead atoms. The van der Waals surface area contributed by atoms with E-state index < -0.39 is 17.4 Å². The average Bonchev–Trinajstić information content (AvgIpc) is 2.39. The van der Waals surface area contributed by atoms with E-state index in [2.05, 4.69) is 15.9 Å². The van der Waals surface area contributed by atoms with Crippen molar-refractivity contribution in [2.24, 2.45) is 0 Å². The minimum absolute atomic E-state index is 0.0382. The first-order valence-corrected chi connectivity index (χ1v) is 7.83. The summed E-state index contributed by atoms with van der Waals surface area (Å²) in [5, 5.41) is 0.0382. The van der Waals surface area contributed by atoms with Gasteiger partial charge in [-0.3, -0.25) is 0 Å². The molecule has 116 valence electrons. The summed E-state index contributed by atoms with van der Waals surface area (Å²) in [6.07, 6.45) is 0. The molecule has 0 saturated carbocycles. The fourth-order valence-electron chi connectivity index (χ4n) is 1.93. The number of benzene rings is 2. The van der Waals surface area contributed by atoms with Gasteiger partial charge in [0.05, 0.1) is 10.6 Å². The topological polar surface area (TPSA) is 26.3 Å². The zero-order chi connectivity index (χ0) is 16.5. The van der Waals surface area contributed by atoms with E-state index in [-0.39, 0.29) is 5.02 Å². The molecule has 0 aliphatic heterocycles. The molecule has 22 heavy (non-hydrogen) atoms. The van der Waals surface area contributed by atoms with Crippen molar-refractivity contribution in [3.8, 4) is 11.1 Å². The third-order valence-electron chi connectivity index (χ3n) is 2.79. The zero-order valence-electron chi connectivity index (χ0n) is 12.4. The summed E-state index contributed by atoms with van der Waals surface area (Å²) in [6, 6.07) is 9.71. The molecule has 0 unspecified atom stereocenters. The van der Waals surface area contributed by atoms with Gasteiger partial charge in [-0.2, -0.15) is 0 Å². The predicted molar refractivity (Wildman–Crippen MR) is 89.7 cm³/mol. The van der Waals surface area contributed by atoms with E-state index in [0.29, 0.717) is 21.2 Å². The van der Waals surface area contributed by atoms with Crippen molar-refractivity contribution in [3.63, 3.8) is 0 Å². The second-order valence-corrected chi connectivity index (χ2v) is 7.15. The van der Waals surface area contributed by atoms with Crippen molar-refractivity contribution < 1.29 is 13.9 Å². The second-order valence-electron chi connectivity index (χ2n) is 5.83. The van der Waals surface area contributed by atoms with Crippen LogP contribution >= 0.6 is 27.5 Å². The highest BCUT2D eigenvalue weighted by Gasteiger charge is 2.19. The van der Waals surface area contributed by atoms with Gasteiger partial charge < -0.3 is 4.74 Å². The third-order valence-corrected chi connectivity index (χ3v) is 3.54. The average molecular weight is 386 g/mol. The van der Waals surface area contributed by atoms with Gasteiger partial charge in [0, 0.05) is 10.0 Å². The highest BCUT2D eigenvalue weighted by atomic mass is 79.9. The Labute approximate surface area is 142 Å². The van der Waals surface area contributed by atoms with Crippen molar-refractivity contribution in [2.75, 3.05) is 0 Å². The number of hydrogen-bond donors (Lipinski definition) is 0. The summed E-state index contributed by atoms with van der Waals surface area (Å²) in [6.45, 7) is 5.38. The van der Waals surface area contributed by atoms with Crippen molar-refractivity contribution in [1.82, 2.24) is 0 Å². The lowest BCUT2D eigenvalue weighted by molar-refractivity contribution is 0.00695. The first-order valence-electron chi connectivity index (χ1n) is 6.66. The number of halogens is 3. The molecular weight excluding hydrogens is 371 g/mol. The van der Waals surface area contributed by atoms with Gasteiger partial charge >= 0.3 is 5.97 Å². The molecule has 0 heterocycles. The summed E-state index contributed by atoms with van der Waals surface area (Å²) in [5.41, 5.74) is 0.633. The fraction of sp³-hybridized carbons (Fsp3) is 0.235. The van der Waals surface area contributed by atoms with E-state index in [1.54, 1.807) is 51.1 Å². The lowest BCUT2D eigenvalue weighted by atomic mass is 10.0. The van der Waals surface area contributed by atoms with E-state index >= 15 is 0 Å². The standard InChI is InChI=1S/C17H15BrClFO2/c1-17(2,3)22-16(21)11-7-10(8-12(18)9-11)13-5-4-6-14(19)15(13)20/h4-9H,1-3H3. The van der Waals surface area contributed by atoms with Crippen molar-refractivity contribution in [3.05, 3.63) is 57.3 Å². The normalized spacial score (nSPS) is 11.4. The lowest BCUT2D eigenvalue weighted by Crippen LogP contribution is -2.23. The van der Waals surface area contributed by atoms with Crippen LogP contribution in [-0.2, 0) is 4.74 Å². The van der Waals surface area contributed by atoms with E-state index in [9.17, 15) is 9.18 Å². The maximum atomic E-state index is 14.2. The number of ether oxygens (including phenoxy) is 1. The molecule has 0 radical (unpaired) electrons. The van der Waals surface area contributed by atoms with Crippen molar-refractivity contribution >= 4 is 33.5 Å². The zero-order valence-corrected chi connectivity index (χ0v) is 14.8. The Kier molecular flexibility index (Phi) is 4.93. The molecular formula is C17H15BrClFO2. The Bertz CT molecular complexity index is 723. The number of esters is 1. The molecule has 0 aliphatic rings. The number of carbonyl (C=O) groups excluding carboxylic acids is 1. The van der Waals surface area contributed by atoms with Crippen molar-refractivity contribution in [2.45, 2.75) is 26.4 Å². The summed E-state index contributed by atoms with van der Waals surface area (Å²) < 4.78 is 20.2. The molecule has 0 N–H and O–H groups in total. The Balaban J connectivity index is 2.47. The van der Waals surface area contributed by atoms with E-state index in [1.807, 2.05) is 0 Å². The Morgan fingerprint density at radius 1 is 1.23 bits per heavy atom. The smallest absolute Gasteiger partial charge is 0.338 e. The van der Waals surface area contributed by atoms with Crippen LogP contribution in [-0.4, -0.2) is 11.6 Å². The summed E-state index contributed by atoms with van der Waals surface area (Å²) in [7, 11) is 0. The van der Waals surface area contributed by atoms with Gasteiger partial charge in [-0.15, -0.1) is 0 Å². The van der Waals surface area contributed by atoms with Gasteiger partial charge in [-0.05, 0) is 50.6 Å². The molecule has 0 fully saturated rings. The number of rotatable bonds is 2. The molecule has 0 saturated heterocycles. The molecule has 5 heteroatoms. The SMILES string of the molecule is CC(C)(C)OC(=O)c1cc(Br)cc(-c2cccc(Cl)c2F)c1. The molecule has 2 rings (SSSR count). The van der Waals surface area contributed by atoms with Crippen LogP contribution in [0, 0.1) is 5.82 Å². The Hall–Kier alpha value is -1.39. The molecule has 0 spiro atoms. The van der Waals surface area contributed by atoms with E-state index in [4.69, 9.17) is 16.3 Å². The number of carbonyl (C=O) groups is 1. The Morgan fingerprint density at radius 3 is 2.55 bits per heavy atom. The quantitative estimate of drug-likeness (QED) is 0.605. The number of hydrogen-bond acceptors (Lipinski definition) is 2. The van der Waals surface area contributed by atoms with Crippen LogP contribution in [0.25, 0.3) is 11.1 Å². The van der Waals surface area contributed by atoms with E-state index in [1.165, 1.54) is 6.07 Å². The maximum Gasteiger partial charge on any atom is 0.338 e. The first kappa shape index (κ1) is 17.0. The first-order chi connectivity index (χ1) is 10.2. The molecule has 2 aromatic carbocycles. The van der Waals surface area contributed by atoms with Crippen LogP contribution in [0.3, 0.4) is 0 Å². The lowest BCUT2D eigenvalue weighted by Gasteiger charge is -2.20. The van der Waals surface area contributed by atoms with Crippen LogP contribution in [0.4, 0.5) is 4.39 Å². The van der Waals surface area contributed by atoms with Crippen LogP contribution in [0.15, 0.2) is 40.9 Å². The van der Waals surface area contributed by atoms with Gasteiger partial charge in [-0.1, -0.05) is 39.7 Å². The summed E-state index contributed by atoms with van der Waals surface area (Å²) in [5.74, 6) is -0.977. The van der Waals surface area contributed by atoms with Crippen molar-refractivity contribution in [1.29, 1.82) is 0 Å². The molecule has 2 aromatic rings.